The summed E-state index contributed by atoms with van der Waals surface area (Å²) in [6.07, 6.45) is 5.70. The van der Waals surface area contributed by atoms with Crippen molar-refractivity contribution < 1.29 is 42.3 Å². The number of nitrogens with one attached hydrogen (secondary N) is 1. The highest BCUT2D eigenvalue weighted by Crippen LogP contribution is 2.59. The number of hydrogen-bond acceptors (Lipinski definition) is 7. The zero-order chi connectivity index (χ0) is 32.4. The molecule has 250 valence electrons. The topological polar surface area (TPSA) is 140 Å². The lowest BCUT2D eigenvalue weighted by Crippen LogP contribution is -2.59. The van der Waals surface area contributed by atoms with Gasteiger partial charge in [0, 0.05) is 61.7 Å². The summed E-state index contributed by atoms with van der Waals surface area (Å²) in [5.41, 5.74) is -5.20. The number of rotatable bonds is 6. The number of hydrogen-bond donors (Lipinski definition) is 3. The van der Waals surface area contributed by atoms with Crippen LogP contribution in [0.25, 0.3) is 10.1 Å². The Morgan fingerprint density at radius 3 is 2.39 bits per heavy atom. The molecule has 1 aromatic carbocycles. The van der Waals surface area contributed by atoms with Gasteiger partial charge in [-0.2, -0.15) is 8.78 Å². The number of alkyl halides is 2. The molecular weight excluding hydrogens is 641 g/mol. The number of amides is 3. The maximum Gasteiger partial charge on any atom is 0.399 e. The maximum absolute atomic E-state index is 14.3. The predicted octanol–water partition coefficient (Wildman–Crippen LogP) is 3.34. The van der Waals surface area contributed by atoms with E-state index in [9.17, 15) is 27.7 Å². The first-order valence-electron chi connectivity index (χ1n) is 16.1. The Bertz CT molecular complexity index is 1570. The molecule has 5 aliphatic rings. The second-order valence-electron chi connectivity index (χ2n) is 13.4. The molecule has 1 aliphatic carbocycles. The number of thiophene rings is 1. The van der Waals surface area contributed by atoms with Crippen molar-refractivity contribution in [2.24, 2.45) is 11.8 Å². The molecule has 15 heteroatoms. The highest BCUT2D eigenvalue weighted by atomic mass is 32.1. The van der Waals surface area contributed by atoms with Gasteiger partial charge in [-0.25, -0.2) is 0 Å². The van der Waals surface area contributed by atoms with Crippen LogP contribution in [-0.2, 0) is 24.6 Å². The van der Waals surface area contributed by atoms with E-state index in [2.05, 4.69) is 10.2 Å². The highest BCUT2D eigenvalue weighted by molar-refractivity contribution is 7.52. The smallest absolute Gasteiger partial charge is 0.381 e. The molecule has 4 aliphatic heterocycles. The number of ether oxygens (including phenoxy) is 1. The average Bonchev–Trinajstić information content (AvgIpc) is 3.41. The fourth-order valence-corrected chi connectivity index (χ4v) is 9.36. The van der Waals surface area contributed by atoms with Gasteiger partial charge in [0.05, 0.1) is 4.88 Å². The highest BCUT2D eigenvalue weighted by Gasteiger charge is 2.52. The van der Waals surface area contributed by atoms with Crippen molar-refractivity contribution in [1.29, 1.82) is 0 Å². The average molecular weight is 681 g/mol. The van der Waals surface area contributed by atoms with Crippen LogP contribution in [0, 0.1) is 11.8 Å². The van der Waals surface area contributed by atoms with Crippen molar-refractivity contribution in [2.45, 2.75) is 74.8 Å². The van der Waals surface area contributed by atoms with Gasteiger partial charge in [0.15, 0.2) is 0 Å². The summed E-state index contributed by atoms with van der Waals surface area (Å²) in [7, 11) is -5.75. The molecule has 5 heterocycles. The van der Waals surface area contributed by atoms with Crippen LogP contribution < -0.4 is 5.32 Å². The number of carbonyl (C=O) groups excluding carboxylic acids is 3. The minimum Gasteiger partial charge on any atom is -0.381 e. The molecule has 11 nitrogen and oxygen atoms in total. The van der Waals surface area contributed by atoms with Gasteiger partial charge in [-0.15, -0.1) is 11.3 Å². The molecular formula is C31H39F2N4O7PS. The third-order valence-corrected chi connectivity index (χ3v) is 12.7. The number of nitrogens with zero attached hydrogens (tertiary/aromatic N) is 3. The second-order valence-corrected chi connectivity index (χ2v) is 16.1. The lowest BCUT2D eigenvalue weighted by molar-refractivity contribution is -0.148. The first-order valence-corrected chi connectivity index (χ1v) is 18.5. The third-order valence-electron chi connectivity index (χ3n) is 10.6. The van der Waals surface area contributed by atoms with Gasteiger partial charge >= 0.3 is 13.3 Å². The molecule has 0 spiro atoms. The molecule has 5 fully saturated rings. The Morgan fingerprint density at radius 2 is 1.67 bits per heavy atom. The standard InChI is InChI=1S/C31H39F2N4O7PS/c32-31(33,45(41,42)43)21-1-4-26-20(14-21)17-27(46-26)28(38)34-24-16-19-13-18(19)15-23-2-3-25(37(23)29(24)39)30(40)36-9-7-35(8-10-36)22-5-11-44-12-6-22/h1,4,14,17-19,22-25H,2-3,5-13,15-16H2,(H,34,38)(H2,41,42,43)/t18-,19+,23-,24+,25+/m1/s1. The molecule has 46 heavy (non-hydrogen) atoms. The van der Waals surface area contributed by atoms with E-state index in [1.54, 1.807) is 4.90 Å². The Morgan fingerprint density at radius 1 is 0.957 bits per heavy atom. The monoisotopic (exact) mass is 680 g/mol. The van der Waals surface area contributed by atoms with Gasteiger partial charge in [-0.3, -0.25) is 23.8 Å². The van der Waals surface area contributed by atoms with Crippen LogP contribution in [0.4, 0.5) is 8.78 Å². The van der Waals surface area contributed by atoms with Crippen molar-refractivity contribution in [3.8, 4) is 0 Å². The number of halogens is 2. The van der Waals surface area contributed by atoms with Gasteiger partial charge in [0.1, 0.15) is 12.1 Å². The Balaban J connectivity index is 1.05. The molecule has 1 aromatic heterocycles. The minimum absolute atomic E-state index is 0.0205. The van der Waals surface area contributed by atoms with Crippen LogP contribution in [-0.4, -0.2) is 106 Å². The molecule has 3 N–H and O–H groups in total. The fraction of sp³-hybridized carbons (Fsp3) is 0.645. The van der Waals surface area contributed by atoms with Crippen LogP contribution in [0.3, 0.4) is 0 Å². The SMILES string of the molecule is O=C(N[C@H]1C[C@@H]2C[C@@H]2C[C@H]2CC[C@@H](C(=O)N3CCN(C4CCOCC4)CC3)N2C1=O)c1cc2cc(C(F)(F)P(=O)(O)O)ccc2s1. The molecule has 2 aromatic rings. The minimum atomic E-state index is -5.75. The van der Waals surface area contributed by atoms with Crippen molar-refractivity contribution in [2.75, 3.05) is 39.4 Å². The van der Waals surface area contributed by atoms with Crippen LogP contribution >= 0.6 is 18.9 Å². The van der Waals surface area contributed by atoms with E-state index in [-0.39, 0.29) is 28.1 Å². The first kappa shape index (κ1) is 32.1. The van der Waals surface area contributed by atoms with Gasteiger partial charge in [-0.1, -0.05) is 6.07 Å². The summed E-state index contributed by atoms with van der Waals surface area (Å²) < 4.78 is 46.0. The van der Waals surface area contributed by atoms with Crippen LogP contribution in [0.2, 0.25) is 0 Å². The van der Waals surface area contributed by atoms with Gasteiger partial charge < -0.3 is 29.6 Å². The quantitative estimate of drug-likeness (QED) is 0.395. The predicted molar refractivity (Wildman–Crippen MR) is 165 cm³/mol. The zero-order valence-electron chi connectivity index (χ0n) is 25.4. The van der Waals surface area contributed by atoms with Crippen molar-refractivity contribution in [1.82, 2.24) is 20.0 Å². The van der Waals surface area contributed by atoms with E-state index in [4.69, 9.17) is 14.5 Å². The molecule has 3 amide bonds. The summed E-state index contributed by atoms with van der Waals surface area (Å²) in [5, 5.41) is 3.14. The summed E-state index contributed by atoms with van der Waals surface area (Å²) in [4.78, 5) is 66.1. The molecule has 0 bridgehead atoms. The number of fused-ring (bicyclic) bond motifs is 3. The largest absolute Gasteiger partial charge is 0.399 e. The lowest BCUT2D eigenvalue weighted by atomic mass is 9.99. The van der Waals surface area contributed by atoms with Gasteiger partial charge in [-0.05, 0) is 80.4 Å². The van der Waals surface area contributed by atoms with Crippen LogP contribution in [0.5, 0.6) is 0 Å². The molecule has 1 saturated carbocycles. The number of carbonyl (C=O) groups is 3. The van der Waals surface area contributed by atoms with E-state index in [1.165, 1.54) is 12.1 Å². The summed E-state index contributed by atoms with van der Waals surface area (Å²) in [6.45, 7) is 4.39. The zero-order valence-corrected chi connectivity index (χ0v) is 27.1. The second kappa shape index (κ2) is 12.2. The lowest BCUT2D eigenvalue weighted by Gasteiger charge is -2.42. The van der Waals surface area contributed by atoms with Crippen molar-refractivity contribution in [3.63, 3.8) is 0 Å². The summed E-state index contributed by atoms with van der Waals surface area (Å²) >= 11 is 1.05. The van der Waals surface area contributed by atoms with Crippen molar-refractivity contribution in [3.05, 3.63) is 34.7 Å². The molecule has 7 rings (SSSR count). The van der Waals surface area contributed by atoms with Crippen molar-refractivity contribution >= 4 is 46.7 Å². The fourth-order valence-electron chi connectivity index (χ4n) is 7.94. The Kier molecular flexibility index (Phi) is 8.51. The van der Waals surface area contributed by atoms with E-state index < -0.39 is 36.8 Å². The number of benzene rings is 1. The van der Waals surface area contributed by atoms with Crippen LogP contribution in [0.15, 0.2) is 24.3 Å². The van der Waals surface area contributed by atoms with Gasteiger partial charge in [0.25, 0.3) is 5.91 Å². The number of piperazine rings is 1. The van der Waals surface area contributed by atoms with E-state index >= 15 is 0 Å². The molecule has 4 saturated heterocycles. The molecule has 5 atom stereocenters. The van der Waals surface area contributed by atoms with E-state index in [0.29, 0.717) is 48.5 Å². The Hall–Kier alpha value is -2.48. The van der Waals surface area contributed by atoms with Crippen LogP contribution in [0.1, 0.15) is 60.2 Å². The molecule has 0 radical (unpaired) electrons. The normalized spacial score (nSPS) is 29.7. The third kappa shape index (κ3) is 6.01. The maximum atomic E-state index is 14.3. The summed E-state index contributed by atoms with van der Waals surface area (Å²) in [5.74, 6) is -0.0129. The summed E-state index contributed by atoms with van der Waals surface area (Å²) in [6, 6.07) is 3.69. The molecule has 0 unspecified atom stereocenters. The first-order chi connectivity index (χ1) is 21.9. The van der Waals surface area contributed by atoms with E-state index in [1.807, 2.05) is 4.90 Å². The Labute approximate surface area is 269 Å². The van der Waals surface area contributed by atoms with E-state index in [0.717, 1.165) is 81.9 Å². The van der Waals surface area contributed by atoms with Gasteiger partial charge in [0.2, 0.25) is 11.8 Å².